The summed E-state index contributed by atoms with van der Waals surface area (Å²) >= 11 is 0. The molecule has 0 radical (unpaired) electrons. The van der Waals surface area contributed by atoms with E-state index in [1.807, 2.05) is 26.0 Å². The molecule has 6 nitrogen and oxygen atoms in total. The minimum absolute atomic E-state index is 0.257. The number of aromatic nitrogens is 1. The van der Waals surface area contributed by atoms with Crippen molar-refractivity contribution in [2.24, 2.45) is 0 Å². The van der Waals surface area contributed by atoms with Gasteiger partial charge in [0.1, 0.15) is 6.10 Å². The second-order valence-electron chi connectivity index (χ2n) is 5.80. The van der Waals surface area contributed by atoms with Crippen LogP contribution in [0.15, 0.2) is 41.4 Å². The molecule has 1 saturated heterocycles. The molecule has 1 aliphatic heterocycles. The number of pyridine rings is 1. The molecule has 3 rings (SSSR count). The van der Waals surface area contributed by atoms with Crippen LogP contribution in [0, 0.1) is 25.2 Å². The molecule has 24 heavy (non-hydrogen) atoms. The molecule has 124 valence electrons. The highest BCUT2D eigenvalue weighted by atomic mass is 32.2. The maximum absolute atomic E-state index is 12.6. The molecule has 0 bridgehead atoms. The Morgan fingerprint density at radius 1 is 1.21 bits per heavy atom. The van der Waals surface area contributed by atoms with Gasteiger partial charge in [-0.3, -0.25) is 0 Å². The molecule has 1 aromatic heterocycles. The summed E-state index contributed by atoms with van der Waals surface area (Å²) in [6.07, 6.45) is 1.24. The van der Waals surface area contributed by atoms with Gasteiger partial charge in [0.15, 0.2) is 0 Å². The summed E-state index contributed by atoms with van der Waals surface area (Å²) in [6, 6.07) is 10.3. The van der Waals surface area contributed by atoms with Gasteiger partial charge in [-0.15, -0.1) is 0 Å². The van der Waals surface area contributed by atoms with Crippen molar-refractivity contribution in [1.82, 2.24) is 9.29 Å². The minimum atomic E-state index is -3.50. The lowest BCUT2D eigenvalue weighted by molar-refractivity contribution is 0.0720. The number of sulfonamides is 1. The van der Waals surface area contributed by atoms with E-state index in [9.17, 15) is 8.42 Å². The van der Waals surface area contributed by atoms with Crippen LogP contribution in [0.3, 0.4) is 0 Å². The van der Waals surface area contributed by atoms with E-state index < -0.39 is 10.0 Å². The Kier molecular flexibility index (Phi) is 4.26. The second-order valence-corrected chi connectivity index (χ2v) is 7.74. The first-order chi connectivity index (χ1) is 11.4. The summed E-state index contributed by atoms with van der Waals surface area (Å²) in [5, 5.41) is 8.86. The molecule has 0 saturated carbocycles. The standard InChI is InChI=1S/C17H17N3O3S/c1-12-3-4-16(7-13(12)2)24(21,22)20-10-15(11-20)23-17-8-14(9-18)5-6-19-17/h3-8,15H,10-11H2,1-2H3. The quantitative estimate of drug-likeness (QED) is 0.848. The Morgan fingerprint density at radius 3 is 2.62 bits per heavy atom. The Labute approximate surface area is 141 Å². The fraction of sp³-hybridized carbons (Fsp3) is 0.294. The molecule has 0 spiro atoms. The van der Waals surface area contributed by atoms with Crippen molar-refractivity contribution in [2.45, 2.75) is 24.8 Å². The van der Waals surface area contributed by atoms with E-state index in [1.54, 1.807) is 24.3 Å². The zero-order valence-corrected chi connectivity index (χ0v) is 14.2. The first-order valence-electron chi connectivity index (χ1n) is 7.50. The van der Waals surface area contributed by atoms with Gasteiger partial charge in [0, 0.05) is 12.3 Å². The van der Waals surface area contributed by atoms with Crippen LogP contribution in [0.2, 0.25) is 0 Å². The highest BCUT2D eigenvalue weighted by Gasteiger charge is 2.38. The van der Waals surface area contributed by atoms with E-state index in [0.29, 0.717) is 16.3 Å². The van der Waals surface area contributed by atoms with Crippen LogP contribution in [-0.2, 0) is 10.0 Å². The number of rotatable bonds is 4. The highest BCUT2D eigenvalue weighted by Crippen LogP contribution is 2.25. The van der Waals surface area contributed by atoms with Gasteiger partial charge in [-0.2, -0.15) is 9.57 Å². The van der Waals surface area contributed by atoms with Crippen LogP contribution in [0.25, 0.3) is 0 Å². The molecular formula is C17H17N3O3S. The minimum Gasteiger partial charge on any atom is -0.471 e. The number of aryl methyl sites for hydroxylation is 2. The lowest BCUT2D eigenvalue weighted by atomic mass is 10.1. The summed E-state index contributed by atoms with van der Waals surface area (Å²) in [5.74, 6) is 0.335. The number of hydrogen-bond acceptors (Lipinski definition) is 5. The average Bonchev–Trinajstić information content (AvgIpc) is 2.53. The highest BCUT2D eigenvalue weighted by molar-refractivity contribution is 7.89. The van der Waals surface area contributed by atoms with Gasteiger partial charge >= 0.3 is 0 Å². The van der Waals surface area contributed by atoms with Gasteiger partial charge < -0.3 is 4.74 Å². The zero-order valence-electron chi connectivity index (χ0n) is 13.4. The Balaban J connectivity index is 1.67. The Hall–Kier alpha value is -2.43. The SMILES string of the molecule is Cc1ccc(S(=O)(=O)N2CC(Oc3cc(C#N)ccn3)C2)cc1C. The Bertz CT molecular complexity index is 913. The van der Waals surface area contributed by atoms with Gasteiger partial charge in [0.25, 0.3) is 0 Å². The van der Waals surface area contributed by atoms with Gasteiger partial charge in [-0.05, 0) is 43.2 Å². The topological polar surface area (TPSA) is 83.3 Å². The number of ether oxygens (including phenoxy) is 1. The molecule has 2 heterocycles. The summed E-state index contributed by atoms with van der Waals surface area (Å²) in [7, 11) is -3.50. The summed E-state index contributed by atoms with van der Waals surface area (Å²) in [4.78, 5) is 4.33. The van der Waals surface area contributed by atoms with E-state index in [1.165, 1.54) is 10.5 Å². The normalized spacial score (nSPS) is 15.5. The van der Waals surface area contributed by atoms with Crippen LogP contribution in [0.5, 0.6) is 5.88 Å². The first-order valence-corrected chi connectivity index (χ1v) is 8.94. The maximum atomic E-state index is 12.6. The molecule has 0 amide bonds. The average molecular weight is 343 g/mol. The molecule has 0 atom stereocenters. The van der Waals surface area contributed by atoms with E-state index in [2.05, 4.69) is 4.98 Å². The molecule has 1 aliphatic rings. The molecule has 7 heteroatoms. The van der Waals surface area contributed by atoms with E-state index in [-0.39, 0.29) is 19.2 Å². The van der Waals surface area contributed by atoms with Crippen molar-refractivity contribution >= 4 is 10.0 Å². The summed E-state index contributed by atoms with van der Waals surface area (Å²) in [6.45, 7) is 4.38. The number of hydrogen-bond donors (Lipinski definition) is 0. The molecule has 0 aliphatic carbocycles. The molecular weight excluding hydrogens is 326 g/mol. The van der Waals surface area contributed by atoms with Gasteiger partial charge in [0.2, 0.25) is 15.9 Å². The summed E-state index contributed by atoms with van der Waals surface area (Å²) < 4.78 is 32.2. The lowest BCUT2D eigenvalue weighted by Crippen LogP contribution is -2.56. The van der Waals surface area contributed by atoms with Crippen LogP contribution in [0.4, 0.5) is 0 Å². The first kappa shape index (κ1) is 16.4. The Morgan fingerprint density at radius 2 is 1.96 bits per heavy atom. The molecule has 0 N–H and O–H groups in total. The maximum Gasteiger partial charge on any atom is 0.243 e. The lowest BCUT2D eigenvalue weighted by Gasteiger charge is -2.37. The number of benzene rings is 1. The predicted octanol–water partition coefficient (Wildman–Crippen LogP) is 2.02. The number of nitriles is 1. The molecule has 1 fully saturated rings. The van der Waals surface area contributed by atoms with Crippen LogP contribution >= 0.6 is 0 Å². The molecule has 2 aromatic rings. The van der Waals surface area contributed by atoms with Gasteiger partial charge in [-0.1, -0.05) is 6.07 Å². The smallest absolute Gasteiger partial charge is 0.243 e. The van der Waals surface area contributed by atoms with Gasteiger partial charge in [-0.25, -0.2) is 13.4 Å². The van der Waals surface area contributed by atoms with Crippen molar-refractivity contribution in [3.05, 3.63) is 53.2 Å². The van der Waals surface area contributed by atoms with Crippen molar-refractivity contribution in [3.8, 4) is 11.9 Å². The van der Waals surface area contributed by atoms with Crippen LogP contribution < -0.4 is 4.74 Å². The van der Waals surface area contributed by atoms with E-state index in [4.69, 9.17) is 10.00 Å². The van der Waals surface area contributed by atoms with Crippen molar-refractivity contribution in [2.75, 3.05) is 13.1 Å². The fourth-order valence-electron chi connectivity index (χ4n) is 2.41. The molecule has 1 aromatic carbocycles. The third-order valence-corrected chi connectivity index (χ3v) is 5.91. The largest absolute Gasteiger partial charge is 0.471 e. The van der Waals surface area contributed by atoms with Gasteiger partial charge in [0.05, 0.1) is 29.6 Å². The van der Waals surface area contributed by atoms with E-state index >= 15 is 0 Å². The third kappa shape index (κ3) is 3.11. The zero-order chi connectivity index (χ0) is 17.3. The van der Waals surface area contributed by atoms with E-state index in [0.717, 1.165) is 11.1 Å². The molecule has 0 unspecified atom stereocenters. The number of nitrogens with zero attached hydrogens (tertiary/aromatic N) is 3. The van der Waals surface area contributed by atoms with Crippen molar-refractivity contribution < 1.29 is 13.2 Å². The second kappa shape index (κ2) is 6.23. The monoisotopic (exact) mass is 343 g/mol. The van der Waals surface area contributed by atoms with Crippen LogP contribution in [-0.4, -0.2) is 36.9 Å². The van der Waals surface area contributed by atoms with Crippen LogP contribution in [0.1, 0.15) is 16.7 Å². The van der Waals surface area contributed by atoms with Crippen molar-refractivity contribution in [3.63, 3.8) is 0 Å². The fourth-order valence-corrected chi connectivity index (χ4v) is 4.00. The predicted molar refractivity (Wildman–Crippen MR) is 88.0 cm³/mol. The third-order valence-electron chi connectivity index (χ3n) is 4.08. The summed E-state index contributed by atoms with van der Waals surface area (Å²) in [5.41, 5.74) is 2.46. The van der Waals surface area contributed by atoms with Crippen molar-refractivity contribution in [1.29, 1.82) is 5.26 Å².